The molecule has 9 heteroatoms. The summed E-state index contributed by atoms with van der Waals surface area (Å²) in [6.07, 6.45) is 1.03. The third-order valence-corrected chi connectivity index (χ3v) is 6.21. The Hall–Kier alpha value is -3.07. The van der Waals surface area contributed by atoms with E-state index in [1.807, 2.05) is 44.2 Å². The van der Waals surface area contributed by atoms with Crippen LogP contribution in [0.15, 0.2) is 54.6 Å². The fourth-order valence-electron chi connectivity index (χ4n) is 3.25. The molecule has 0 heterocycles. The van der Waals surface area contributed by atoms with E-state index < -0.39 is 28.5 Å². The Balaban J connectivity index is 2.37. The molecule has 1 atom stereocenters. The van der Waals surface area contributed by atoms with Crippen LogP contribution in [0.4, 0.5) is 5.69 Å². The number of benzene rings is 2. The molecule has 0 saturated carbocycles. The third kappa shape index (κ3) is 7.49. The van der Waals surface area contributed by atoms with E-state index in [-0.39, 0.29) is 24.1 Å². The van der Waals surface area contributed by atoms with Gasteiger partial charge >= 0.3 is 0 Å². The summed E-state index contributed by atoms with van der Waals surface area (Å²) < 4.78 is 31.5. The first-order chi connectivity index (χ1) is 15.5. The van der Waals surface area contributed by atoms with Gasteiger partial charge in [0, 0.05) is 13.1 Å². The van der Waals surface area contributed by atoms with Crippen molar-refractivity contribution in [2.45, 2.75) is 33.4 Å². The molecule has 0 aliphatic rings. The second kappa shape index (κ2) is 11.7. The molecule has 2 aromatic carbocycles. The van der Waals surface area contributed by atoms with Crippen LogP contribution in [-0.2, 0) is 26.2 Å². The van der Waals surface area contributed by atoms with Crippen molar-refractivity contribution in [2.75, 3.05) is 30.8 Å². The fraction of sp³-hybridized carbons (Fsp3) is 0.417. The molecule has 2 aromatic rings. The molecule has 33 heavy (non-hydrogen) atoms. The van der Waals surface area contributed by atoms with E-state index in [9.17, 15) is 18.0 Å². The summed E-state index contributed by atoms with van der Waals surface area (Å²) in [4.78, 5) is 27.6. The number of amides is 2. The van der Waals surface area contributed by atoms with Crippen molar-refractivity contribution >= 4 is 27.5 Å². The van der Waals surface area contributed by atoms with E-state index >= 15 is 0 Å². The number of hydrogen-bond donors (Lipinski definition) is 1. The van der Waals surface area contributed by atoms with Crippen LogP contribution in [0.5, 0.6) is 5.75 Å². The van der Waals surface area contributed by atoms with Crippen molar-refractivity contribution in [3.8, 4) is 5.75 Å². The average molecular weight is 476 g/mol. The third-order valence-electron chi connectivity index (χ3n) is 5.08. The van der Waals surface area contributed by atoms with E-state index in [0.29, 0.717) is 12.3 Å². The van der Waals surface area contributed by atoms with Gasteiger partial charge in [-0.3, -0.25) is 13.9 Å². The first kappa shape index (κ1) is 26.2. The number of anilines is 1. The van der Waals surface area contributed by atoms with Crippen LogP contribution in [0.1, 0.15) is 26.3 Å². The number of carbonyl (C=O) groups is 2. The summed E-state index contributed by atoms with van der Waals surface area (Å²) in [7, 11) is -2.38. The molecule has 2 rings (SSSR count). The standard InChI is InChI=1S/C24H33N3O5S/c1-18(2)15-25-24(29)19(3)26(16-20-11-7-6-8-12-20)23(28)17-27(33(5,30)31)21-13-9-10-14-22(21)32-4/h6-14,18-19H,15-17H2,1-5H3,(H,25,29)/t19-/m0/s1. The van der Waals surface area contributed by atoms with Gasteiger partial charge in [0.25, 0.3) is 0 Å². The van der Waals surface area contributed by atoms with Gasteiger partial charge in [-0.25, -0.2) is 8.42 Å². The van der Waals surface area contributed by atoms with Gasteiger partial charge in [-0.1, -0.05) is 56.3 Å². The molecule has 2 amide bonds. The van der Waals surface area contributed by atoms with E-state index in [4.69, 9.17) is 4.74 Å². The van der Waals surface area contributed by atoms with Gasteiger partial charge in [0.05, 0.1) is 19.1 Å². The highest BCUT2D eigenvalue weighted by Crippen LogP contribution is 2.29. The highest BCUT2D eigenvalue weighted by molar-refractivity contribution is 7.92. The molecule has 0 unspecified atom stereocenters. The largest absolute Gasteiger partial charge is 0.495 e. The van der Waals surface area contributed by atoms with Crippen LogP contribution in [0.2, 0.25) is 0 Å². The molecule has 0 saturated heterocycles. The van der Waals surface area contributed by atoms with Crippen LogP contribution in [-0.4, -0.2) is 57.6 Å². The number of sulfonamides is 1. The predicted octanol–water partition coefficient (Wildman–Crippen LogP) is 2.65. The Morgan fingerprint density at radius 1 is 1.00 bits per heavy atom. The summed E-state index contributed by atoms with van der Waals surface area (Å²) >= 11 is 0. The first-order valence-electron chi connectivity index (χ1n) is 10.8. The lowest BCUT2D eigenvalue weighted by atomic mass is 10.1. The molecular weight excluding hydrogens is 442 g/mol. The minimum Gasteiger partial charge on any atom is -0.495 e. The molecule has 0 fully saturated rings. The number of rotatable bonds is 11. The Bertz CT molecular complexity index is 1040. The number of methoxy groups -OCH3 is 1. The molecule has 0 aliphatic carbocycles. The minimum absolute atomic E-state index is 0.166. The molecule has 0 aromatic heterocycles. The molecular formula is C24H33N3O5S. The number of carbonyl (C=O) groups excluding carboxylic acids is 2. The van der Waals surface area contributed by atoms with Crippen LogP contribution in [0.3, 0.4) is 0 Å². The molecule has 0 bridgehead atoms. The van der Waals surface area contributed by atoms with Gasteiger partial charge in [-0.2, -0.15) is 0 Å². The Morgan fingerprint density at radius 3 is 2.18 bits per heavy atom. The average Bonchev–Trinajstić information content (AvgIpc) is 2.78. The molecule has 0 aliphatic heterocycles. The lowest BCUT2D eigenvalue weighted by Crippen LogP contribution is -2.51. The fourth-order valence-corrected chi connectivity index (χ4v) is 4.10. The van der Waals surface area contributed by atoms with Crippen molar-refractivity contribution in [1.29, 1.82) is 0 Å². The normalized spacial score (nSPS) is 12.2. The summed E-state index contributed by atoms with van der Waals surface area (Å²) in [5, 5.41) is 2.85. The number of ether oxygens (including phenoxy) is 1. The number of para-hydroxylation sites is 2. The highest BCUT2D eigenvalue weighted by Gasteiger charge is 2.31. The maximum atomic E-state index is 13.5. The molecule has 0 spiro atoms. The summed E-state index contributed by atoms with van der Waals surface area (Å²) in [5.41, 5.74) is 1.09. The Morgan fingerprint density at radius 2 is 1.61 bits per heavy atom. The summed E-state index contributed by atoms with van der Waals surface area (Å²) in [5.74, 6) is -0.211. The zero-order valence-electron chi connectivity index (χ0n) is 19.8. The second-order valence-corrected chi connectivity index (χ2v) is 10.2. The zero-order chi connectivity index (χ0) is 24.6. The SMILES string of the molecule is COc1ccccc1N(CC(=O)N(Cc1ccccc1)[C@@H](C)C(=O)NCC(C)C)S(C)(=O)=O. The van der Waals surface area contributed by atoms with Crippen molar-refractivity contribution < 1.29 is 22.7 Å². The topological polar surface area (TPSA) is 96.0 Å². The van der Waals surface area contributed by atoms with E-state index in [0.717, 1.165) is 16.1 Å². The smallest absolute Gasteiger partial charge is 0.244 e. The van der Waals surface area contributed by atoms with Crippen molar-refractivity contribution in [1.82, 2.24) is 10.2 Å². The van der Waals surface area contributed by atoms with Crippen molar-refractivity contribution in [2.24, 2.45) is 5.92 Å². The van der Waals surface area contributed by atoms with Gasteiger partial charge in [0.15, 0.2) is 0 Å². The number of hydrogen-bond acceptors (Lipinski definition) is 5. The molecule has 180 valence electrons. The number of nitrogens with zero attached hydrogens (tertiary/aromatic N) is 2. The Labute approximate surface area is 196 Å². The van der Waals surface area contributed by atoms with Crippen LogP contribution in [0, 0.1) is 5.92 Å². The predicted molar refractivity (Wildman–Crippen MR) is 129 cm³/mol. The molecule has 0 radical (unpaired) electrons. The molecule has 1 N–H and O–H groups in total. The van der Waals surface area contributed by atoms with Gasteiger partial charge < -0.3 is 15.0 Å². The lowest BCUT2D eigenvalue weighted by molar-refractivity contribution is -0.139. The molecule has 8 nitrogen and oxygen atoms in total. The summed E-state index contributed by atoms with van der Waals surface area (Å²) in [6.45, 7) is 5.79. The monoisotopic (exact) mass is 475 g/mol. The van der Waals surface area contributed by atoms with Crippen molar-refractivity contribution in [3.63, 3.8) is 0 Å². The zero-order valence-corrected chi connectivity index (χ0v) is 20.6. The number of nitrogens with one attached hydrogen (secondary N) is 1. The van der Waals surface area contributed by atoms with Gasteiger partial charge in [0.2, 0.25) is 21.8 Å². The van der Waals surface area contributed by atoms with E-state index in [1.165, 1.54) is 12.0 Å². The van der Waals surface area contributed by atoms with Gasteiger partial charge in [0.1, 0.15) is 18.3 Å². The van der Waals surface area contributed by atoms with Crippen LogP contribution < -0.4 is 14.4 Å². The van der Waals surface area contributed by atoms with Gasteiger partial charge in [-0.15, -0.1) is 0 Å². The second-order valence-electron chi connectivity index (χ2n) is 8.26. The van der Waals surface area contributed by atoms with Crippen LogP contribution >= 0.6 is 0 Å². The van der Waals surface area contributed by atoms with Crippen LogP contribution in [0.25, 0.3) is 0 Å². The lowest BCUT2D eigenvalue weighted by Gasteiger charge is -2.32. The quantitative estimate of drug-likeness (QED) is 0.539. The first-order valence-corrected chi connectivity index (χ1v) is 12.6. The van der Waals surface area contributed by atoms with E-state index in [2.05, 4.69) is 5.32 Å². The maximum absolute atomic E-state index is 13.5. The highest BCUT2D eigenvalue weighted by atomic mass is 32.2. The van der Waals surface area contributed by atoms with Crippen molar-refractivity contribution in [3.05, 3.63) is 60.2 Å². The minimum atomic E-state index is -3.81. The maximum Gasteiger partial charge on any atom is 0.244 e. The van der Waals surface area contributed by atoms with Gasteiger partial charge in [-0.05, 0) is 30.5 Å². The summed E-state index contributed by atoms with van der Waals surface area (Å²) in [6, 6.07) is 15.1. The Kier molecular flexibility index (Phi) is 9.28. The van der Waals surface area contributed by atoms with E-state index in [1.54, 1.807) is 31.2 Å².